The third kappa shape index (κ3) is 3.56. The van der Waals surface area contributed by atoms with Gasteiger partial charge in [-0.15, -0.1) is 0 Å². The van der Waals surface area contributed by atoms with E-state index in [0.717, 1.165) is 6.07 Å². The van der Waals surface area contributed by atoms with Crippen molar-refractivity contribution in [1.82, 2.24) is 5.32 Å². The molecule has 3 aromatic carbocycles. The Morgan fingerprint density at radius 3 is 2.62 bits per heavy atom. The molecule has 0 spiro atoms. The molecule has 0 radical (unpaired) electrons. The van der Waals surface area contributed by atoms with E-state index in [1.165, 1.54) is 18.2 Å². The number of phenolic OH excluding ortho intramolecular Hbond substituents is 1. The molecule has 1 aliphatic heterocycles. The number of carbonyl (C=O) groups excluding carboxylic acids is 1. The van der Waals surface area contributed by atoms with Crippen LogP contribution in [0.2, 0.25) is 5.02 Å². The largest absolute Gasteiger partial charge is 0.505 e. The summed E-state index contributed by atoms with van der Waals surface area (Å²) in [6.07, 6.45) is 0. The predicted octanol–water partition coefficient (Wildman–Crippen LogP) is 4.37. The van der Waals surface area contributed by atoms with E-state index < -0.39 is 34.3 Å². The van der Waals surface area contributed by atoms with Gasteiger partial charge in [-0.3, -0.25) is 9.52 Å². The SMILES string of the molecule is O=C1NCc2ccccc2-c2cc(F)c(F)c(c2)NS(=O)c2cc1cc(Cl)c2O. The van der Waals surface area contributed by atoms with E-state index in [1.54, 1.807) is 24.3 Å². The van der Waals surface area contributed by atoms with Crippen molar-refractivity contribution in [2.45, 2.75) is 11.4 Å². The van der Waals surface area contributed by atoms with Crippen molar-refractivity contribution < 1.29 is 22.9 Å². The summed E-state index contributed by atoms with van der Waals surface area (Å²) in [4.78, 5) is 12.3. The number of aromatic hydroxyl groups is 1. The number of halogens is 3. The van der Waals surface area contributed by atoms with Gasteiger partial charge in [0.05, 0.1) is 10.7 Å². The van der Waals surface area contributed by atoms with Crippen LogP contribution in [0.3, 0.4) is 0 Å². The van der Waals surface area contributed by atoms with Gasteiger partial charge in [-0.25, -0.2) is 13.0 Å². The molecule has 1 amide bonds. The number of carbonyl (C=O) groups is 1. The van der Waals surface area contributed by atoms with E-state index in [4.69, 9.17) is 11.6 Å². The highest BCUT2D eigenvalue weighted by molar-refractivity contribution is 7.86. The van der Waals surface area contributed by atoms with Gasteiger partial charge in [0.15, 0.2) is 28.4 Å². The van der Waals surface area contributed by atoms with Crippen LogP contribution in [0.5, 0.6) is 5.75 Å². The second-order valence-corrected chi connectivity index (χ2v) is 7.92. The first-order valence-corrected chi connectivity index (χ1v) is 9.94. The Labute approximate surface area is 171 Å². The number of anilines is 1. The van der Waals surface area contributed by atoms with Crippen LogP contribution >= 0.6 is 11.6 Å². The van der Waals surface area contributed by atoms with Gasteiger partial charge in [-0.1, -0.05) is 35.9 Å². The molecular formula is C20H13ClF2N2O3S. The van der Waals surface area contributed by atoms with E-state index >= 15 is 0 Å². The molecule has 1 aliphatic rings. The Kier molecular flexibility index (Phi) is 4.97. The number of hydrogen-bond acceptors (Lipinski definition) is 3. The van der Waals surface area contributed by atoms with Crippen molar-refractivity contribution in [1.29, 1.82) is 0 Å². The molecule has 4 rings (SSSR count). The van der Waals surface area contributed by atoms with Crippen molar-refractivity contribution in [3.8, 4) is 16.9 Å². The van der Waals surface area contributed by atoms with Gasteiger partial charge in [0.25, 0.3) is 5.91 Å². The molecule has 148 valence electrons. The Morgan fingerprint density at radius 1 is 1.07 bits per heavy atom. The lowest BCUT2D eigenvalue weighted by atomic mass is 9.98. The van der Waals surface area contributed by atoms with Gasteiger partial charge >= 0.3 is 0 Å². The lowest BCUT2D eigenvalue weighted by Gasteiger charge is -2.13. The third-order valence-corrected chi connectivity index (χ3v) is 5.89. The highest BCUT2D eigenvalue weighted by Crippen LogP contribution is 2.34. The molecule has 0 aromatic heterocycles. The van der Waals surface area contributed by atoms with Crippen LogP contribution in [0.4, 0.5) is 14.5 Å². The number of nitrogens with one attached hydrogen (secondary N) is 2. The number of rotatable bonds is 0. The Morgan fingerprint density at radius 2 is 1.83 bits per heavy atom. The normalized spacial score (nSPS) is 15.8. The van der Waals surface area contributed by atoms with Gasteiger partial charge in [-0.2, -0.15) is 0 Å². The maximum absolute atomic E-state index is 14.4. The fourth-order valence-electron chi connectivity index (χ4n) is 3.05. The van der Waals surface area contributed by atoms with E-state index in [1.807, 2.05) is 0 Å². The zero-order valence-corrected chi connectivity index (χ0v) is 16.2. The summed E-state index contributed by atoms with van der Waals surface area (Å²) in [7, 11) is -2.22. The quantitative estimate of drug-likeness (QED) is 0.491. The molecule has 1 unspecified atom stereocenters. The summed E-state index contributed by atoms with van der Waals surface area (Å²) >= 11 is 5.97. The minimum atomic E-state index is -2.22. The number of phenols is 1. The van der Waals surface area contributed by atoms with Gasteiger partial charge < -0.3 is 10.4 Å². The van der Waals surface area contributed by atoms with Crippen LogP contribution in [-0.4, -0.2) is 15.2 Å². The molecule has 29 heavy (non-hydrogen) atoms. The van der Waals surface area contributed by atoms with Crippen LogP contribution in [0.15, 0.2) is 53.4 Å². The maximum Gasteiger partial charge on any atom is 0.251 e. The van der Waals surface area contributed by atoms with E-state index in [2.05, 4.69) is 10.0 Å². The molecule has 4 bridgehead atoms. The number of benzene rings is 3. The van der Waals surface area contributed by atoms with Crippen LogP contribution in [0, 0.1) is 11.6 Å². The summed E-state index contributed by atoms with van der Waals surface area (Å²) in [6.45, 7) is 0.105. The minimum Gasteiger partial charge on any atom is -0.505 e. The average molecular weight is 435 g/mol. The van der Waals surface area contributed by atoms with Crippen LogP contribution in [0.25, 0.3) is 11.1 Å². The first-order chi connectivity index (χ1) is 13.8. The summed E-state index contributed by atoms with van der Waals surface area (Å²) in [5, 5.41) is 12.7. The van der Waals surface area contributed by atoms with Crippen molar-refractivity contribution in [3.05, 3.63) is 76.3 Å². The molecule has 0 saturated carbocycles. The van der Waals surface area contributed by atoms with Crippen LogP contribution in [0.1, 0.15) is 15.9 Å². The van der Waals surface area contributed by atoms with Crippen LogP contribution < -0.4 is 10.0 Å². The summed E-state index contributed by atoms with van der Waals surface area (Å²) < 4.78 is 43.7. The number of amides is 1. The predicted molar refractivity (Wildman–Crippen MR) is 106 cm³/mol. The molecule has 3 N–H and O–H groups in total. The second kappa shape index (κ2) is 7.46. The monoisotopic (exact) mass is 434 g/mol. The zero-order valence-electron chi connectivity index (χ0n) is 14.6. The third-order valence-electron chi connectivity index (χ3n) is 4.49. The molecule has 0 fully saturated rings. The number of hydrogen-bond donors (Lipinski definition) is 3. The van der Waals surface area contributed by atoms with Crippen molar-refractivity contribution in [2.75, 3.05) is 4.72 Å². The minimum absolute atomic E-state index is 0.0630. The summed E-state index contributed by atoms with van der Waals surface area (Å²) in [6, 6.07) is 11.7. The molecule has 0 saturated heterocycles. The van der Waals surface area contributed by atoms with Crippen molar-refractivity contribution in [3.63, 3.8) is 0 Å². The van der Waals surface area contributed by atoms with Gasteiger partial charge in [0, 0.05) is 12.1 Å². The highest BCUT2D eigenvalue weighted by atomic mass is 35.5. The Hall–Kier alpha value is -2.97. The summed E-state index contributed by atoms with van der Waals surface area (Å²) in [5.41, 5.74) is 1.29. The fraction of sp³-hybridized carbons (Fsp3) is 0.0500. The fourth-order valence-corrected chi connectivity index (χ4v) is 4.31. The Balaban J connectivity index is 1.96. The molecule has 1 heterocycles. The maximum atomic E-state index is 14.4. The second-order valence-electron chi connectivity index (χ2n) is 6.34. The first-order valence-electron chi connectivity index (χ1n) is 8.41. The van der Waals surface area contributed by atoms with Crippen molar-refractivity contribution in [2.24, 2.45) is 0 Å². The molecule has 3 aromatic rings. The van der Waals surface area contributed by atoms with E-state index in [-0.39, 0.29) is 27.7 Å². The topological polar surface area (TPSA) is 78.4 Å². The lowest BCUT2D eigenvalue weighted by Crippen LogP contribution is -2.23. The van der Waals surface area contributed by atoms with Crippen molar-refractivity contribution >= 4 is 34.2 Å². The van der Waals surface area contributed by atoms with Gasteiger partial charge in [0.1, 0.15) is 4.90 Å². The standard InChI is InChI=1S/C20H13ClF2N2O3S/c21-14-5-12-8-17(19(14)26)29(28)25-16-7-11(6-15(22)18(16)23)13-4-2-1-3-10(13)9-24-20(12)27/h1-8,25-26H,9H2,(H,24,27). The molecule has 9 heteroatoms. The average Bonchev–Trinajstić information content (AvgIpc) is 2.71. The van der Waals surface area contributed by atoms with Gasteiger partial charge in [-0.05, 0) is 41.0 Å². The number of fused-ring (bicyclic) bond motifs is 6. The first kappa shape index (κ1) is 19.4. The lowest BCUT2D eigenvalue weighted by molar-refractivity contribution is 0.0950. The van der Waals surface area contributed by atoms with Crippen LogP contribution in [-0.2, 0) is 17.5 Å². The Bertz CT molecular complexity index is 1190. The molecule has 1 atom stereocenters. The molecule has 5 nitrogen and oxygen atoms in total. The highest BCUT2D eigenvalue weighted by Gasteiger charge is 2.22. The zero-order chi connectivity index (χ0) is 20.7. The smallest absolute Gasteiger partial charge is 0.251 e. The molecule has 0 aliphatic carbocycles. The summed E-state index contributed by atoms with van der Waals surface area (Å²) in [5.74, 6) is -3.38. The van der Waals surface area contributed by atoms with Gasteiger partial charge in [0.2, 0.25) is 0 Å². The van der Waals surface area contributed by atoms with E-state index in [0.29, 0.717) is 16.7 Å². The molecular weight excluding hydrogens is 422 g/mol. The van der Waals surface area contributed by atoms with E-state index in [9.17, 15) is 22.9 Å².